The molecule has 4 rings (SSSR count). The molecule has 0 spiro atoms. The molecule has 0 radical (unpaired) electrons. The Labute approximate surface area is 206 Å². The second kappa shape index (κ2) is 10.1. The summed E-state index contributed by atoms with van der Waals surface area (Å²) >= 11 is 0. The van der Waals surface area contributed by atoms with Gasteiger partial charge in [0, 0.05) is 37.1 Å². The standard InChI is InChI=1S/C29H30N2O4/c1-5-19-10-12-21(13-11-19)27(32)25-26(20-14-16-22(17-15-20)30(3)4)31(29(34)28(25)33)23-8-7-9-24(18-23)35-6-2/h7-18,26,32H,5-6H2,1-4H3/b27-25+. The number of aryl methyl sites for hydroxylation is 1. The van der Waals surface area contributed by atoms with Crippen LogP contribution in [0.1, 0.15) is 36.6 Å². The largest absolute Gasteiger partial charge is 0.507 e. The molecule has 180 valence electrons. The molecule has 6 nitrogen and oxygen atoms in total. The Morgan fingerprint density at radius 1 is 0.971 bits per heavy atom. The monoisotopic (exact) mass is 470 g/mol. The molecule has 1 N–H and O–H groups in total. The minimum absolute atomic E-state index is 0.0682. The van der Waals surface area contributed by atoms with Gasteiger partial charge in [-0.1, -0.05) is 49.4 Å². The van der Waals surface area contributed by atoms with Crippen LogP contribution in [0.3, 0.4) is 0 Å². The lowest BCUT2D eigenvalue weighted by Gasteiger charge is -2.26. The summed E-state index contributed by atoms with van der Waals surface area (Å²) in [6.07, 6.45) is 0.861. The van der Waals surface area contributed by atoms with Gasteiger partial charge in [-0.2, -0.15) is 0 Å². The van der Waals surface area contributed by atoms with Crippen molar-refractivity contribution in [2.24, 2.45) is 0 Å². The molecule has 35 heavy (non-hydrogen) atoms. The highest BCUT2D eigenvalue weighted by Gasteiger charge is 2.47. The molecule has 1 aliphatic rings. The van der Waals surface area contributed by atoms with Gasteiger partial charge >= 0.3 is 0 Å². The van der Waals surface area contributed by atoms with Crippen molar-refractivity contribution in [1.29, 1.82) is 0 Å². The number of aliphatic hydroxyl groups is 1. The molecule has 3 aromatic carbocycles. The van der Waals surface area contributed by atoms with Gasteiger partial charge in [0.05, 0.1) is 18.2 Å². The molecule has 1 fully saturated rings. The normalized spacial score (nSPS) is 17.0. The second-order valence-corrected chi connectivity index (χ2v) is 8.64. The first-order valence-corrected chi connectivity index (χ1v) is 11.8. The van der Waals surface area contributed by atoms with Gasteiger partial charge in [-0.25, -0.2) is 0 Å². The number of nitrogens with zero attached hydrogens (tertiary/aromatic N) is 2. The molecule has 1 atom stereocenters. The summed E-state index contributed by atoms with van der Waals surface area (Å²) in [5, 5.41) is 11.3. The number of benzene rings is 3. The highest BCUT2D eigenvalue weighted by Crippen LogP contribution is 2.43. The zero-order valence-electron chi connectivity index (χ0n) is 20.5. The van der Waals surface area contributed by atoms with Gasteiger partial charge in [-0.05, 0) is 48.7 Å². The van der Waals surface area contributed by atoms with E-state index in [-0.39, 0.29) is 11.3 Å². The van der Waals surface area contributed by atoms with E-state index in [0.717, 1.165) is 23.2 Å². The molecule has 1 amide bonds. The molecule has 0 saturated carbocycles. The summed E-state index contributed by atoms with van der Waals surface area (Å²) in [6.45, 7) is 4.41. The number of rotatable bonds is 7. The van der Waals surface area contributed by atoms with E-state index in [1.165, 1.54) is 4.90 Å². The SMILES string of the molecule is CCOc1cccc(N2C(=O)C(=O)/C(=C(/O)c3ccc(CC)cc3)C2c2ccc(N(C)C)cc2)c1. The van der Waals surface area contributed by atoms with Crippen molar-refractivity contribution in [3.05, 3.63) is 95.1 Å². The van der Waals surface area contributed by atoms with Crippen LogP contribution in [-0.4, -0.2) is 37.5 Å². The summed E-state index contributed by atoms with van der Waals surface area (Å²) in [5.74, 6) is -0.988. The zero-order valence-corrected chi connectivity index (χ0v) is 20.5. The van der Waals surface area contributed by atoms with Crippen molar-refractivity contribution in [3.63, 3.8) is 0 Å². The summed E-state index contributed by atoms with van der Waals surface area (Å²) in [6, 6.07) is 21.4. The molecule has 6 heteroatoms. The Morgan fingerprint density at radius 2 is 1.66 bits per heavy atom. The molecule has 3 aromatic rings. The van der Waals surface area contributed by atoms with Crippen LogP contribution in [0.5, 0.6) is 5.75 Å². The summed E-state index contributed by atoms with van der Waals surface area (Å²) in [7, 11) is 3.89. The molecular weight excluding hydrogens is 440 g/mol. The predicted molar refractivity (Wildman–Crippen MR) is 139 cm³/mol. The number of ketones is 1. The van der Waals surface area contributed by atoms with E-state index in [1.807, 2.05) is 69.2 Å². The minimum atomic E-state index is -0.783. The van der Waals surface area contributed by atoms with Crippen molar-refractivity contribution in [3.8, 4) is 5.75 Å². The Balaban J connectivity index is 1.89. The smallest absolute Gasteiger partial charge is 0.300 e. The third-order valence-corrected chi connectivity index (χ3v) is 6.21. The Hall–Kier alpha value is -4.06. The van der Waals surface area contributed by atoms with E-state index in [9.17, 15) is 14.7 Å². The van der Waals surface area contributed by atoms with E-state index in [0.29, 0.717) is 23.6 Å². The van der Waals surface area contributed by atoms with Gasteiger partial charge in [0.25, 0.3) is 11.7 Å². The molecule has 1 saturated heterocycles. The van der Waals surface area contributed by atoms with E-state index in [4.69, 9.17) is 4.74 Å². The number of carbonyl (C=O) groups excluding carboxylic acids is 2. The van der Waals surface area contributed by atoms with E-state index in [2.05, 4.69) is 0 Å². The fraction of sp³-hybridized carbons (Fsp3) is 0.241. The third kappa shape index (κ3) is 4.64. The highest BCUT2D eigenvalue weighted by molar-refractivity contribution is 6.51. The van der Waals surface area contributed by atoms with Gasteiger partial charge in [0.15, 0.2) is 0 Å². The summed E-state index contributed by atoms with van der Waals surface area (Å²) < 4.78 is 5.63. The summed E-state index contributed by atoms with van der Waals surface area (Å²) in [4.78, 5) is 30.1. The topological polar surface area (TPSA) is 70.1 Å². The number of aliphatic hydroxyl groups excluding tert-OH is 1. The van der Waals surface area contributed by atoms with E-state index < -0.39 is 17.7 Å². The van der Waals surface area contributed by atoms with Crippen LogP contribution in [0.25, 0.3) is 5.76 Å². The lowest BCUT2D eigenvalue weighted by Crippen LogP contribution is -2.29. The number of carbonyl (C=O) groups is 2. The lowest BCUT2D eigenvalue weighted by atomic mass is 9.94. The Morgan fingerprint density at radius 3 is 2.26 bits per heavy atom. The Kier molecular flexibility index (Phi) is 6.92. The number of amides is 1. The van der Waals surface area contributed by atoms with E-state index >= 15 is 0 Å². The fourth-order valence-corrected chi connectivity index (χ4v) is 4.31. The van der Waals surface area contributed by atoms with Crippen LogP contribution in [0.15, 0.2) is 78.4 Å². The molecule has 1 unspecified atom stereocenters. The number of hydrogen-bond donors (Lipinski definition) is 1. The van der Waals surface area contributed by atoms with Gasteiger partial charge in [0.2, 0.25) is 0 Å². The van der Waals surface area contributed by atoms with E-state index in [1.54, 1.807) is 36.4 Å². The quantitative estimate of drug-likeness (QED) is 0.287. The molecule has 0 bridgehead atoms. The number of Topliss-reactive ketones (excluding diaryl/α,β-unsaturated/α-hetero) is 1. The maximum Gasteiger partial charge on any atom is 0.300 e. The maximum absolute atomic E-state index is 13.4. The number of anilines is 2. The molecule has 1 heterocycles. The van der Waals surface area contributed by atoms with Gasteiger partial charge < -0.3 is 14.7 Å². The van der Waals surface area contributed by atoms with Crippen LogP contribution in [-0.2, 0) is 16.0 Å². The fourth-order valence-electron chi connectivity index (χ4n) is 4.31. The number of hydrogen-bond acceptors (Lipinski definition) is 5. The Bertz CT molecular complexity index is 1260. The van der Waals surface area contributed by atoms with Crippen molar-refractivity contribution in [1.82, 2.24) is 0 Å². The van der Waals surface area contributed by atoms with Crippen LogP contribution in [0.4, 0.5) is 11.4 Å². The van der Waals surface area contributed by atoms with Crippen LogP contribution < -0.4 is 14.5 Å². The summed E-state index contributed by atoms with van der Waals surface area (Å²) in [5.41, 5.74) is 3.92. The highest BCUT2D eigenvalue weighted by atomic mass is 16.5. The molecular formula is C29H30N2O4. The van der Waals surface area contributed by atoms with Crippen molar-refractivity contribution < 1.29 is 19.4 Å². The average molecular weight is 471 g/mol. The van der Waals surface area contributed by atoms with Gasteiger partial charge in [-0.3, -0.25) is 14.5 Å². The first-order valence-electron chi connectivity index (χ1n) is 11.8. The lowest BCUT2D eigenvalue weighted by molar-refractivity contribution is -0.132. The molecule has 0 aliphatic carbocycles. The van der Waals surface area contributed by atoms with Crippen molar-refractivity contribution in [2.45, 2.75) is 26.3 Å². The number of ether oxygens (including phenoxy) is 1. The molecule has 0 aromatic heterocycles. The maximum atomic E-state index is 13.4. The average Bonchev–Trinajstić information content (AvgIpc) is 3.14. The van der Waals surface area contributed by atoms with Crippen molar-refractivity contribution in [2.75, 3.05) is 30.5 Å². The minimum Gasteiger partial charge on any atom is -0.507 e. The third-order valence-electron chi connectivity index (χ3n) is 6.21. The first kappa shape index (κ1) is 24.1. The predicted octanol–water partition coefficient (Wildman–Crippen LogP) is 5.34. The second-order valence-electron chi connectivity index (χ2n) is 8.64. The van der Waals surface area contributed by atoms with Gasteiger partial charge in [0.1, 0.15) is 11.5 Å². The molecule has 1 aliphatic heterocycles. The van der Waals surface area contributed by atoms with Crippen LogP contribution in [0, 0.1) is 0 Å². The van der Waals surface area contributed by atoms with Crippen molar-refractivity contribution >= 4 is 28.8 Å². The van der Waals surface area contributed by atoms with Gasteiger partial charge in [-0.15, -0.1) is 0 Å². The van der Waals surface area contributed by atoms with Crippen LogP contribution in [0.2, 0.25) is 0 Å². The van der Waals surface area contributed by atoms with Crippen LogP contribution >= 0.6 is 0 Å². The zero-order chi connectivity index (χ0) is 25.1. The first-order chi connectivity index (χ1) is 16.8.